The Morgan fingerprint density at radius 1 is 1.11 bits per heavy atom. The lowest BCUT2D eigenvalue weighted by molar-refractivity contribution is -0.149. The number of alkyl halides is 3. The number of hydrogen-bond donors (Lipinski definition) is 1. The zero-order valence-electron chi connectivity index (χ0n) is 19.6. The second kappa shape index (κ2) is 11.3. The minimum atomic E-state index is -4.55. The van der Waals surface area contributed by atoms with E-state index in [9.17, 15) is 23.2 Å². The molecule has 188 valence electrons. The number of carbonyl (C=O) groups excluding carboxylic acids is 1. The number of hydrogen-bond acceptors (Lipinski definition) is 6. The lowest BCUT2D eigenvalue weighted by Gasteiger charge is -2.24. The van der Waals surface area contributed by atoms with Crippen LogP contribution in [0.15, 0.2) is 60.7 Å². The topological polar surface area (TPSA) is 84.2 Å². The van der Waals surface area contributed by atoms with Crippen molar-refractivity contribution in [2.75, 3.05) is 5.32 Å². The monoisotopic (exact) mass is 517 g/mol. The second-order valence-corrected chi connectivity index (χ2v) is 8.73. The molecule has 1 N–H and O–H groups in total. The smallest absolute Gasteiger partial charge is 0.416 e. The van der Waals surface area contributed by atoms with E-state index in [1.165, 1.54) is 6.07 Å². The van der Waals surface area contributed by atoms with E-state index >= 15 is 0 Å². The molecule has 0 aliphatic carbocycles. The molecule has 0 saturated carbocycles. The molecule has 36 heavy (non-hydrogen) atoms. The number of nitrogens with one attached hydrogen (secondary N) is 1. The summed E-state index contributed by atoms with van der Waals surface area (Å²) in [6, 6.07) is 15.7. The van der Waals surface area contributed by atoms with E-state index in [1.807, 2.05) is 25.1 Å². The minimum absolute atomic E-state index is 0.125. The number of esters is 1. The van der Waals surface area contributed by atoms with Gasteiger partial charge in [-0.25, -0.2) is 9.78 Å². The van der Waals surface area contributed by atoms with Crippen LogP contribution in [0.2, 0.25) is 5.02 Å². The molecule has 0 saturated heterocycles. The summed E-state index contributed by atoms with van der Waals surface area (Å²) < 4.78 is 49.9. The van der Waals surface area contributed by atoms with Gasteiger partial charge in [0.2, 0.25) is 12.0 Å². The van der Waals surface area contributed by atoms with Crippen LogP contribution < -0.4 is 10.1 Å². The van der Waals surface area contributed by atoms with Gasteiger partial charge in [0.15, 0.2) is 0 Å². The molecule has 0 aliphatic rings. The van der Waals surface area contributed by atoms with Gasteiger partial charge in [0.1, 0.15) is 17.9 Å². The molecular formula is C26H23ClF3N3O3. The zero-order chi connectivity index (χ0) is 26.5. The third-order valence-electron chi connectivity index (χ3n) is 5.14. The van der Waals surface area contributed by atoms with Gasteiger partial charge in [-0.05, 0) is 49.2 Å². The maximum Gasteiger partial charge on any atom is 0.416 e. The van der Waals surface area contributed by atoms with Crippen molar-refractivity contribution < 1.29 is 27.4 Å². The Hall–Kier alpha value is -3.77. The highest BCUT2D eigenvalue weighted by atomic mass is 35.5. The fourth-order valence-corrected chi connectivity index (χ4v) is 3.41. The van der Waals surface area contributed by atoms with Crippen molar-refractivity contribution in [2.45, 2.75) is 39.1 Å². The van der Waals surface area contributed by atoms with Crippen molar-refractivity contribution in [3.8, 4) is 17.7 Å². The largest absolute Gasteiger partial charge is 0.439 e. The second-order valence-electron chi connectivity index (χ2n) is 8.32. The first-order valence-corrected chi connectivity index (χ1v) is 11.3. The highest BCUT2D eigenvalue weighted by Gasteiger charge is 2.32. The Balaban J connectivity index is 1.75. The molecule has 1 heterocycles. The average molecular weight is 518 g/mol. The number of nitrogens with zero attached hydrogens (tertiary/aromatic N) is 2. The van der Waals surface area contributed by atoms with Crippen LogP contribution in [-0.2, 0) is 15.7 Å². The summed E-state index contributed by atoms with van der Waals surface area (Å²) in [6.07, 6.45) is -5.89. The maximum atomic E-state index is 13.0. The number of ether oxygens (including phenoxy) is 2. The van der Waals surface area contributed by atoms with Crippen LogP contribution >= 0.6 is 11.6 Å². The number of rotatable bonds is 8. The molecule has 0 amide bonds. The molecule has 10 heteroatoms. The Labute approximate surface area is 211 Å². The van der Waals surface area contributed by atoms with Crippen LogP contribution in [0.5, 0.6) is 11.6 Å². The van der Waals surface area contributed by atoms with Gasteiger partial charge in [-0.2, -0.15) is 18.4 Å². The molecule has 3 aromatic rings. The third-order valence-corrected chi connectivity index (χ3v) is 5.45. The highest BCUT2D eigenvalue weighted by Crippen LogP contribution is 2.34. The Morgan fingerprint density at radius 2 is 1.81 bits per heavy atom. The van der Waals surface area contributed by atoms with Gasteiger partial charge in [-0.3, -0.25) is 0 Å². The average Bonchev–Trinajstić information content (AvgIpc) is 2.82. The first kappa shape index (κ1) is 26.8. The molecule has 1 aromatic heterocycles. The summed E-state index contributed by atoms with van der Waals surface area (Å²) in [4.78, 5) is 17.2. The van der Waals surface area contributed by atoms with E-state index < -0.39 is 29.9 Å². The van der Waals surface area contributed by atoms with Gasteiger partial charge < -0.3 is 14.8 Å². The van der Waals surface area contributed by atoms with Crippen LogP contribution in [-0.4, -0.2) is 17.0 Å². The highest BCUT2D eigenvalue weighted by molar-refractivity contribution is 6.33. The van der Waals surface area contributed by atoms with E-state index in [-0.39, 0.29) is 28.2 Å². The molecule has 0 bridgehead atoms. The normalized spacial score (nSPS) is 13.0. The SMILES string of the molecule is Cc1ccc(Oc2cccc(C(C#N)OC(=O)C(Nc3ccc(C(F)(F)F)cc3Cl)C(C)C)n2)cc1. The van der Waals surface area contributed by atoms with E-state index in [1.54, 1.807) is 38.1 Å². The van der Waals surface area contributed by atoms with E-state index in [0.717, 1.165) is 23.8 Å². The molecule has 2 atom stereocenters. The zero-order valence-corrected chi connectivity index (χ0v) is 20.4. The standard InChI is InChI=1S/C26H23ClF3N3O3/c1-15(2)24(33-20-12-9-17(13-19(20)27)26(28,29)30)25(34)36-22(14-31)21-5-4-6-23(32-21)35-18-10-7-16(3)8-11-18/h4-13,15,22,24,33H,1-3H3. The van der Waals surface area contributed by atoms with E-state index in [4.69, 9.17) is 21.1 Å². The lowest BCUT2D eigenvalue weighted by atomic mass is 10.0. The fourth-order valence-electron chi connectivity index (χ4n) is 3.18. The molecule has 0 spiro atoms. The Bertz CT molecular complexity index is 1260. The molecule has 0 fully saturated rings. The predicted octanol–water partition coefficient (Wildman–Crippen LogP) is 7.10. The van der Waals surface area contributed by atoms with Gasteiger partial charge in [0.05, 0.1) is 22.0 Å². The first-order chi connectivity index (χ1) is 17.0. The molecule has 3 rings (SSSR count). The van der Waals surface area contributed by atoms with Crippen LogP contribution in [0.3, 0.4) is 0 Å². The Kier molecular flexibility index (Phi) is 8.43. The van der Waals surface area contributed by atoms with E-state index in [0.29, 0.717) is 5.75 Å². The molecule has 2 aromatic carbocycles. The quantitative estimate of drug-likeness (QED) is 0.321. The summed E-state index contributed by atoms with van der Waals surface area (Å²) in [5.41, 5.74) is 0.433. The summed E-state index contributed by atoms with van der Waals surface area (Å²) in [5.74, 6) is -0.380. The number of pyridine rings is 1. The number of halogens is 4. The number of aromatic nitrogens is 1. The fraction of sp³-hybridized carbons (Fsp3) is 0.269. The molecular weight excluding hydrogens is 495 g/mol. The van der Waals surface area contributed by atoms with Crippen LogP contribution in [0, 0.1) is 24.2 Å². The van der Waals surface area contributed by atoms with Crippen molar-refractivity contribution in [1.82, 2.24) is 4.98 Å². The van der Waals surface area contributed by atoms with Crippen LogP contribution in [0.25, 0.3) is 0 Å². The number of aryl methyl sites for hydroxylation is 1. The number of anilines is 1. The minimum Gasteiger partial charge on any atom is -0.439 e. The van der Waals surface area contributed by atoms with Crippen LogP contribution in [0.4, 0.5) is 18.9 Å². The number of benzene rings is 2. The lowest BCUT2D eigenvalue weighted by Crippen LogP contribution is -2.37. The first-order valence-electron chi connectivity index (χ1n) is 10.9. The van der Waals surface area contributed by atoms with Gasteiger partial charge in [-0.1, -0.05) is 49.2 Å². The van der Waals surface area contributed by atoms with Gasteiger partial charge in [0.25, 0.3) is 0 Å². The molecule has 6 nitrogen and oxygen atoms in total. The number of carbonyl (C=O) groups is 1. The summed E-state index contributed by atoms with van der Waals surface area (Å²) in [6.45, 7) is 5.37. The summed E-state index contributed by atoms with van der Waals surface area (Å²) in [7, 11) is 0. The van der Waals surface area contributed by atoms with Crippen molar-refractivity contribution in [3.63, 3.8) is 0 Å². The predicted molar refractivity (Wildman–Crippen MR) is 129 cm³/mol. The van der Waals surface area contributed by atoms with Crippen LogP contribution in [0.1, 0.15) is 36.8 Å². The number of nitriles is 1. The maximum absolute atomic E-state index is 13.0. The van der Waals surface area contributed by atoms with Crippen molar-refractivity contribution in [2.24, 2.45) is 5.92 Å². The van der Waals surface area contributed by atoms with Gasteiger partial charge in [0, 0.05) is 6.07 Å². The summed E-state index contributed by atoms with van der Waals surface area (Å²) in [5, 5.41) is 12.3. The Morgan fingerprint density at radius 3 is 2.39 bits per heavy atom. The van der Waals surface area contributed by atoms with Crippen molar-refractivity contribution in [3.05, 3.63) is 82.5 Å². The van der Waals surface area contributed by atoms with Crippen molar-refractivity contribution in [1.29, 1.82) is 5.26 Å². The summed E-state index contributed by atoms with van der Waals surface area (Å²) >= 11 is 6.02. The van der Waals surface area contributed by atoms with Crippen molar-refractivity contribution >= 4 is 23.3 Å². The van der Waals surface area contributed by atoms with Gasteiger partial charge >= 0.3 is 12.1 Å². The molecule has 0 radical (unpaired) electrons. The van der Waals surface area contributed by atoms with Gasteiger partial charge in [-0.15, -0.1) is 0 Å². The molecule has 0 aliphatic heterocycles. The third kappa shape index (κ3) is 6.89. The molecule has 2 unspecified atom stereocenters. The van der Waals surface area contributed by atoms with E-state index in [2.05, 4.69) is 10.3 Å².